The summed E-state index contributed by atoms with van der Waals surface area (Å²) in [5.41, 5.74) is 0.550. The SMILES string of the molecule is O=C(c1ccc(I)c(O)c1)N1CCCN(CCCl)CC1. The molecule has 0 aliphatic carbocycles. The van der Waals surface area contributed by atoms with Crippen molar-refractivity contribution in [2.45, 2.75) is 6.42 Å². The number of phenolic OH excluding ortho intramolecular Hbond substituents is 1. The van der Waals surface area contributed by atoms with Gasteiger partial charge >= 0.3 is 0 Å². The summed E-state index contributed by atoms with van der Waals surface area (Å²) in [7, 11) is 0. The van der Waals surface area contributed by atoms with E-state index < -0.39 is 0 Å². The van der Waals surface area contributed by atoms with E-state index in [4.69, 9.17) is 11.6 Å². The number of benzene rings is 1. The van der Waals surface area contributed by atoms with Crippen molar-refractivity contribution in [2.24, 2.45) is 0 Å². The van der Waals surface area contributed by atoms with Crippen LogP contribution in [0, 0.1) is 3.57 Å². The summed E-state index contributed by atoms with van der Waals surface area (Å²) in [6.45, 7) is 4.17. The van der Waals surface area contributed by atoms with Gasteiger partial charge in [-0.3, -0.25) is 4.79 Å². The average Bonchev–Trinajstić information content (AvgIpc) is 2.67. The maximum absolute atomic E-state index is 12.4. The van der Waals surface area contributed by atoms with Gasteiger partial charge in [0.25, 0.3) is 5.91 Å². The number of carbonyl (C=O) groups excluding carboxylic acids is 1. The van der Waals surface area contributed by atoms with Gasteiger partial charge < -0.3 is 14.9 Å². The molecule has 1 heterocycles. The van der Waals surface area contributed by atoms with E-state index >= 15 is 0 Å². The maximum Gasteiger partial charge on any atom is 0.254 e. The van der Waals surface area contributed by atoms with E-state index in [9.17, 15) is 9.90 Å². The second kappa shape index (κ2) is 7.47. The molecule has 1 aliphatic heterocycles. The van der Waals surface area contributed by atoms with Crippen LogP contribution in [0.5, 0.6) is 5.75 Å². The molecular formula is C14H18ClIN2O2. The summed E-state index contributed by atoms with van der Waals surface area (Å²) in [6.07, 6.45) is 0.957. The molecule has 1 N–H and O–H groups in total. The third kappa shape index (κ3) is 3.99. The van der Waals surface area contributed by atoms with Crippen molar-refractivity contribution in [3.8, 4) is 5.75 Å². The Morgan fingerprint density at radius 2 is 2.10 bits per heavy atom. The Kier molecular flexibility index (Phi) is 5.92. The molecule has 1 amide bonds. The molecule has 0 unspecified atom stereocenters. The summed E-state index contributed by atoms with van der Waals surface area (Å²) >= 11 is 7.81. The van der Waals surface area contributed by atoms with Crippen LogP contribution in [0.25, 0.3) is 0 Å². The Balaban J connectivity index is 2.03. The number of nitrogens with zero attached hydrogens (tertiary/aromatic N) is 2. The first-order valence-electron chi connectivity index (χ1n) is 6.68. The number of hydrogen-bond donors (Lipinski definition) is 1. The largest absolute Gasteiger partial charge is 0.507 e. The van der Waals surface area contributed by atoms with Gasteiger partial charge in [0.05, 0.1) is 3.57 Å². The first-order chi connectivity index (χ1) is 9.61. The van der Waals surface area contributed by atoms with E-state index in [0.717, 1.165) is 36.2 Å². The third-order valence-electron chi connectivity index (χ3n) is 3.47. The lowest BCUT2D eigenvalue weighted by Crippen LogP contribution is -2.35. The normalized spacial score (nSPS) is 17.0. The van der Waals surface area contributed by atoms with Crippen molar-refractivity contribution in [3.63, 3.8) is 0 Å². The van der Waals surface area contributed by atoms with Gasteiger partial charge in [0, 0.05) is 37.6 Å². The maximum atomic E-state index is 12.4. The Labute approximate surface area is 137 Å². The summed E-state index contributed by atoms with van der Waals surface area (Å²) < 4.78 is 0.753. The molecule has 6 heteroatoms. The number of alkyl halides is 1. The molecule has 2 rings (SSSR count). The predicted octanol–water partition coefficient (Wildman–Crippen LogP) is 2.38. The van der Waals surface area contributed by atoms with Crippen molar-refractivity contribution < 1.29 is 9.90 Å². The van der Waals surface area contributed by atoms with Gasteiger partial charge in [-0.25, -0.2) is 0 Å². The highest BCUT2D eigenvalue weighted by Crippen LogP contribution is 2.21. The molecule has 1 aliphatic rings. The van der Waals surface area contributed by atoms with Gasteiger partial charge in [-0.2, -0.15) is 0 Å². The zero-order chi connectivity index (χ0) is 14.5. The molecular weight excluding hydrogens is 391 g/mol. The van der Waals surface area contributed by atoms with Crippen molar-refractivity contribution in [3.05, 3.63) is 27.3 Å². The highest BCUT2D eigenvalue weighted by molar-refractivity contribution is 14.1. The number of amides is 1. The monoisotopic (exact) mass is 408 g/mol. The van der Waals surface area contributed by atoms with E-state index in [1.807, 2.05) is 27.5 Å². The number of halogens is 2. The number of aromatic hydroxyl groups is 1. The Morgan fingerprint density at radius 3 is 2.80 bits per heavy atom. The average molecular weight is 409 g/mol. The molecule has 4 nitrogen and oxygen atoms in total. The molecule has 1 aromatic carbocycles. The van der Waals surface area contributed by atoms with Gasteiger partial charge in [0.2, 0.25) is 0 Å². The standard InChI is InChI=1S/C14H18ClIN2O2/c15-4-7-17-5-1-6-18(9-8-17)14(20)11-2-3-12(16)13(19)10-11/h2-3,10,19H,1,4-9H2. The summed E-state index contributed by atoms with van der Waals surface area (Å²) in [6, 6.07) is 5.08. The fraction of sp³-hybridized carbons (Fsp3) is 0.500. The minimum atomic E-state index is -0.00979. The van der Waals surface area contributed by atoms with Crippen molar-refractivity contribution >= 4 is 40.1 Å². The van der Waals surface area contributed by atoms with E-state index in [0.29, 0.717) is 18.0 Å². The van der Waals surface area contributed by atoms with Gasteiger partial charge in [0.1, 0.15) is 5.75 Å². The predicted molar refractivity (Wildman–Crippen MR) is 88.5 cm³/mol. The van der Waals surface area contributed by atoms with E-state index in [2.05, 4.69) is 4.90 Å². The third-order valence-corrected chi connectivity index (χ3v) is 4.55. The van der Waals surface area contributed by atoms with Crippen molar-refractivity contribution in [1.29, 1.82) is 0 Å². The smallest absolute Gasteiger partial charge is 0.254 e. The van der Waals surface area contributed by atoms with E-state index in [1.54, 1.807) is 18.2 Å². The zero-order valence-corrected chi connectivity index (χ0v) is 14.1. The van der Waals surface area contributed by atoms with Crippen LogP contribution >= 0.6 is 34.2 Å². The van der Waals surface area contributed by atoms with Crippen LogP contribution in [-0.2, 0) is 0 Å². The van der Waals surface area contributed by atoms with Crippen LogP contribution in [0.3, 0.4) is 0 Å². The highest BCUT2D eigenvalue weighted by atomic mass is 127. The molecule has 20 heavy (non-hydrogen) atoms. The fourth-order valence-corrected chi connectivity index (χ4v) is 2.92. The van der Waals surface area contributed by atoms with Crippen LogP contribution in [0.15, 0.2) is 18.2 Å². The first kappa shape index (κ1) is 15.9. The van der Waals surface area contributed by atoms with Crippen molar-refractivity contribution in [2.75, 3.05) is 38.6 Å². The first-order valence-corrected chi connectivity index (χ1v) is 8.29. The second-order valence-corrected chi connectivity index (χ2v) is 6.38. The number of carbonyl (C=O) groups is 1. The molecule has 1 aromatic rings. The minimum absolute atomic E-state index is 0.00979. The summed E-state index contributed by atoms with van der Waals surface area (Å²) in [5, 5.41) is 9.71. The lowest BCUT2D eigenvalue weighted by atomic mass is 10.2. The van der Waals surface area contributed by atoms with E-state index in [-0.39, 0.29) is 11.7 Å². The highest BCUT2D eigenvalue weighted by Gasteiger charge is 2.20. The van der Waals surface area contributed by atoms with Gasteiger partial charge in [-0.15, -0.1) is 11.6 Å². The Hall–Kier alpha value is -0.530. The quantitative estimate of drug-likeness (QED) is 0.617. The Morgan fingerprint density at radius 1 is 1.30 bits per heavy atom. The molecule has 0 spiro atoms. The Bertz CT molecular complexity index is 484. The topological polar surface area (TPSA) is 43.8 Å². The van der Waals surface area contributed by atoms with Crippen LogP contribution in [0.4, 0.5) is 0 Å². The molecule has 0 radical (unpaired) electrons. The van der Waals surface area contributed by atoms with Gasteiger partial charge in [-0.1, -0.05) is 0 Å². The zero-order valence-electron chi connectivity index (χ0n) is 11.2. The minimum Gasteiger partial charge on any atom is -0.507 e. The molecule has 1 fully saturated rings. The molecule has 110 valence electrons. The second-order valence-electron chi connectivity index (χ2n) is 4.84. The molecule has 0 saturated carbocycles. The van der Waals surface area contributed by atoms with Crippen LogP contribution in [-0.4, -0.2) is 59.4 Å². The number of rotatable bonds is 3. The lowest BCUT2D eigenvalue weighted by Gasteiger charge is -2.21. The summed E-state index contributed by atoms with van der Waals surface area (Å²) in [4.78, 5) is 16.6. The van der Waals surface area contributed by atoms with Gasteiger partial charge in [0.15, 0.2) is 0 Å². The van der Waals surface area contributed by atoms with Crippen molar-refractivity contribution in [1.82, 2.24) is 9.80 Å². The van der Waals surface area contributed by atoms with E-state index in [1.165, 1.54) is 0 Å². The number of phenols is 1. The van der Waals surface area contributed by atoms with Crippen LogP contribution in [0.2, 0.25) is 0 Å². The molecule has 0 bridgehead atoms. The molecule has 1 saturated heterocycles. The fourth-order valence-electron chi connectivity index (χ4n) is 2.35. The number of hydrogen-bond acceptors (Lipinski definition) is 3. The van der Waals surface area contributed by atoms with Gasteiger partial charge in [-0.05, 0) is 53.8 Å². The van der Waals surface area contributed by atoms with Crippen LogP contribution < -0.4 is 0 Å². The molecule has 0 aromatic heterocycles. The molecule has 0 atom stereocenters. The summed E-state index contributed by atoms with van der Waals surface area (Å²) in [5.74, 6) is 0.776. The lowest BCUT2D eigenvalue weighted by molar-refractivity contribution is 0.0761. The van der Waals surface area contributed by atoms with Crippen LogP contribution in [0.1, 0.15) is 16.8 Å².